The van der Waals surface area contributed by atoms with Gasteiger partial charge in [0.2, 0.25) is 17.7 Å². The molecule has 1 fully saturated rings. The summed E-state index contributed by atoms with van der Waals surface area (Å²) >= 11 is 0. The van der Waals surface area contributed by atoms with E-state index in [0.29, 0.717) is 12.8 Å². The van der Waals surface area contributed by atoms with Gasteiger partial charge in [0.05, 0.1) is 17.8 Å². The number of nitrogens with one attached hydrogen (secondary N) is 4. The minimum atomic E-state index is -0.545. The maximum absolute atomic E-state index is 11.8. The van der Waals surface area contributed by atoms with Gasteiger partial charge in [0, 0.05) is 26.2 Å². The van der Waals surface area contributed by atoms with Gasteiger partial charge in [0.15, 0.2) is 6.61 Å². The van der Waals surface area contributed by atoms with Crippen LogP contribution in [0.4, 0.5) is 0 Å². The Balaban J connectivity index is 0.000000720. The Morgan fingerprint density at radius 1 is 0.829 bits per heavy atom. The van der Waals surface area contributed by atoms with Crippen LogP contribution in [0, 0.1) is 17.8 Å². The van der Waals surface area contributed by atoms with Crippen LogP contribution in [-0.2, 0) is 28.7 Å². The van der Waals surface area contributed by atoms with E-state index < -0.39 is 12.5 Å². The van der Waals surface area contributed by atoms with E-state index >= 15 is 0 Å². The normalized spacial score (nSPS) is 16.4. The largest absolute Gasteiger partial charge is 0.455 e. The minimum Gasteiger partial charge on any atom is -0.455 e. The fraction of sp³-hybridized carbons (Fsp3) is 0.792. The van der Waals surface area contributed by atoms with Crippen molar-refractivity contribution in [1.82, 2.24) is 21.3 Å². The highest BCUT2D eigenvalue weighted by Gasteiger charge is 2.26. The molecule has 1 saturated carbocycles. The Kier molecular flexibility index (Phi) is 16.3. The molecule has 11 heteroatoms. The van der Waals surface area contributed by atoms with Crippen molar-refractivity contribution in [2.24, 2.45) is 17.8 Å². The second-order valence-electron chi connectivity index (χ2n) is 8.72. The van der Waals surface area contributed by atoms with Crippen molar-refractivity contribution in [3.05, 3.63) is 0 Å². The fourth-order valence-corrected chi connectivity index (χ4v) is 3.90. The van der Waals surface area contributed by atoms with E-state index in [1.54, 1.807) is 27.9 Å². The molecule has 0 bridgehead atoms. The van der Waals surface area contributed by atoms with Gasteiger partial charge >= 0.3 is 5.97 Å². The molecule has 0 aromatic heterocycles. The summed E-state index contributed by atoms with van der Waals surface area (Å²) in [4.78, 5) is 57.3. The second kappa shape index (κ2) is 17.7. The predicted octanol–water partition coefficient (Wildman–Crippen LogP) is 0.252. The van der Waals surface area contributed by atoms with Crippen molar-refractivity contribution in [2.45, 2.75) is 78.3 Å². The Labute approximate surface area is 208 Å². The van der Waals surface area contributed by atoms with Crippen molar-refractivity contribution in [3.8, 4) is 0 Å². The summed E-state index contributed by atoms with van der Waals surface area (Å²) in [6.07, 6.45) is 5.09. The number of hydrogen-bond acceptors (Lipinski definition) is 7. The van der Waals surface area contributed by atoms with Crippen molar-refractivity contribution < 1.29 is 33.8 Å². The van der Waals surface area contributed by atoms with Crippen LogP contribution in [0.3, 0.4) is 0 Å². The van der Waals surface area contributed by atoms with Gasteiger partial charge in [-0.3, -0.25) is 24.0 Å². The standard InChI is InChI=1S/C15H26N2O4.C9H18N2O3/c1-4-12(10(2)14(19)16-3)17-13(18)9-21-15(20)11-7-5-6-8-11;1-4-7(11-8(13)5-12)6(2)9(14)10-3/h10-12H,4-9H2,1-3H3,(H,16,19)(H,17,18);6-7,12H,4-5H2,1-3H3,(H,10,14)(H,11,13)/t10-,12?;6-,7?/m00/s1. The Bertz CT molecular complexity index is 695. The molecular weight excluding hydrogens is 456 g/mol. The molecule has 2 unspecified atom stereocenters. The van der Waals surface area contributed by atoms with Gasteiger partial charge in [-0.1, -0.05) is 40.5 Å². The average molecular weight is 501 g/mol. The van der Waals surface area contributed by atoms with Crippen molar-refractivity contribution in [3.63, 3.8) is 0 Å². The first kappa shape index (κ1) is 32.3. The second-order valence-corrected chi connectivity index (χ2v) is 8.72. The number of rotatable bonds is 12. The fourth-order valence-electron chi connectivity index (χ4n) is 3.90. The summed E-state index contributed by atoms with van der Waals surface area (Å²) in [6, 6.07) is -0.489. The minimum absolute atomic E-state index is 0.0513. The number of carbonyl (C=O) groups is 5. The van der Waals surface area contributed by atoms with Crippen LogP contribution in [0.15, 0.2) is 0 Å². The molecule has 4 atom stereocenters. The van der Waals surface area contributed by atoms with E-state index in [0.717, 1.165) is 25.7 Å². The van der Waals surface area contributed by atoms with Gasteiger partial charge in [-0.15, -0.1) is 0 Å². The molecule has 0 aromatic carbocycles. The highest BCUT2D eigenvalue weighted by atomic mass is 16.5. The third-order valence-electron chi connectivity index (χ3n) is 6.28. The molecule has 11 nitrogen and oxygen atoms in total. The number of esters is 1. The van der Waals surface area contributed by atoms with E-state index in [2.05, 4.69) is 21.3 Å². The van der Waals surface area contributed by atoms with Gasteiger partial charge in [0.1, 0.15) is 6.61 Å². The quantitative estimate of drug-likeness (QED) is 0.240. The lowest BCUT2D eigenvalue weighted by molar-refractivity contribution is -0.152. The van der Waals surface area contributed by atoms with Crippen LogP contribution >= 0.6 is 0 Å². The summed E-state index contributed by atoms with van der Waals surface area (Å²) in [5.74, 6) is -1.99. The van der Waals surface area contributed by atoms with E-state index in [1.165, 1.54) is 0 Å². The SMILES string of the molecule is CCC(NC(=O)CO)[C@H](C)C(=O)NC.CCC(NC(=O)COC(=O)C1CCCC1)[C@H](C)C(=O)NC. The van der Waals surface area contributed by atoms with Crippen molar-refractivity contribution >= 4 is 29.6 Å². The number of aliphatic hydroxyl groups is 1. The lowest BCUT2D eigenvalue weighted by Crippen LogP contribution is -2.46. The van der Waals surface area contributed by atoms with E-state index in [4.69, 9.17) is 9.84 Å². The first-order valence-electron chi connectivity index (χ1n) is 12.3. The number of carbonyl (C=O) groups excluding carboxylic acids is 5. The molecular formula is C24H44N4O7. The summed E-state index contributed by atoms with van der Waals surface area (Å²) in [7, 11) is 3.12. The van der Waals surface area contributed by atoms with Crippen LogP contribution in [0.5, 0.6) is 0 Å². The van der Waals surface area contributed by atoms with Gasteiger partial charge in [-0.2, -0.15) is 0 Å². The Morgan fingerprint density at radius 2 is 1.26 bits per heavy atom. The van der Waals surface area contributed by atoms with Crippen LogP contribution < -0.4 is 21.3 Å². The summed E-state index contributed by atoms with van der Waals surface area (Å²) in [5.41, 5.74) is 0. The smallest absolute Gasteiger partial charge is 0.309 e. The third-order valence-corrected chi connectivity index (χ3v) is 6.28. The summed E-state index contributed by atoms with van der Waals surface area (Å²) in [5, 5.41) is 19.0. The number of hydrogen-bond donors (Lipinski definition) is 5. The molecule has 0 heterocycles. The molecule has 5 N–H and O–H groups in total. The molecule has 0 aromatic rings. The third kappa shape index (κ3) is 12.0. The summed E-state index contributed by atoms with van der Waals surface area (Å²) < 4.78 is 5.05. The number of ether oxygens (including phenoxy) is 1. The van der Waals surface area contributed by atoms with Gasteiger partial charge in [0.25, 0.3) is 5.91 Å². The molecule has 0 spiro atoms. The lowest BCUT2D eigenvalue weighted by Gasteiger charge is -2.22. The number of aliphatic hydroxyl groups excluding tert-OH is 1. The Morgan fingerprint density at radius 3 is 1.63 bits per heavy atom. The van der Waals surface area contributed by atoms with Gasteiger partial charge in [-0.25, -0.2) is 0 Å². The van der Waals surface area contributed by atoms with Gasteiger partial charge < -0.3 is 31.1 Å². The zero-order valence-electron chi connectivity index (χ0n) is 21.9. The van der Waals surface area contributed by atoms with Crippen molar-refractivity contribution in [1.29, 1.82) is 0 Å². The lowest BCUT2D eigenvalue weighted by atomic mass is 9.98. The van der Waals surface area contributed by atoms with Gasteiger partial charge in [-0.05, 0) is 25.7 Å². The monoisotopic (exact) mass is 500 g/mol. The first-order chi connectivity index (χ1) is 16.6. The summed E-state index contributed by atoms with van der Waals surface area (Å²) in [6.45, 7) is 6.46. The van der Waals surface area contributed by atoms with E-state index in [9.17, 15) is 24.0 Å². The molecule has 35 heavy (non-hydrogen) atoms. The average Bonchev–Trinajstić information content (AvgIpc) is 3.42. The van der Waals surface area contributed by atoms with E-state index in [1.807, 2.05) is 13.8 Å². The molecule has 1 aliphatic rings. The molecule has 202 valence electrons. The van der Waals surface area contributed by atoms with Crippen LogP contribution in [0.1, 0.15) is 66.2 Å². The topological polar surface area (TPSA) is 163 Å². The van der Waals surface area contributed by atoms with Crippen LogP contribution in [0.25, 0.3) is 0 Å². The van der Waals surface area contributed by atoms with E-state index in [-0.39, 0.29) is 60.1 Å². The molecule has 1 aliphatic carbocycles. The molecule has 4 amide bonds. The molecule has 0 saturated heterocycles. The predicted molar refractivity (Wildman–Crippen MR) is 131 cm³/mol. The zero-order chi connectivity index (χ0) is 27.0. The molecule has 0 aliphatic heterocycles. The maximum Gasteiger partial charge on any atom is 0.309 e. The van der Waals surface area contributed by atoms with Crippen LogP contribution in [-0.4, -0.2) is 74.1 Å². The zero-order valence-corrected chi connectivity index (χ0v) is 21.9. The van der Waals surface area contributed by atoms with Crippen LogP contribution in [0.2, 0.25) is 0 Å². The first-order valence-corrected chi connectivity index (χ1v) is 12.3. The molecule has 0 radical (unpaired) electrons. The Hall–Kier alpha value is -2.69. The van der Waals surface area contributed by atoms with Crippen molar-refractivity contribution in [2.75, 3.05) is 27.3 Å². The highest BCUT2D eigenvalue weighted by molar-refractivity contribution is 5.83. The highest BCUT2D eigenvalue weighted by Crippen LogP contribution is 2.25. The maximum atomic E-state index is 11.8. The molecule has 1 rings (SSSR count). The number of amides is 4.